The summed E-state index contributed by atoms with van der Waals surface area (Å²) in [7, 11) is 0. The van der Waals surface area contributed by atoms with Crippen LogP contribution in [0, 0.1) is 6.20 Å². The first-order valence-corrected chi connectivity index (χ1v) is 5.15. The van der Waals surface area contributed by atoms with E-state index in [1.54, 1.807) is 6.07 Å². The van der Waals surface area contributed by atoms with Crippen LogP contribution in [0.1, 0.15) is 5.69 Å². The van der Waals surface area contributed by atoms with Crippen LogP contribution in [0.3, 0.4) is 0 Å². The van der Waals surface area contributed by atoms with Gasteiger partial charge in [0.1, 0.15) is 0 Å². The van der Waals surface area contributed by atoms with E-state index < -0.39 is 11.9 Å². The van der Waals surface area contributed by atoms with Gasteiger partial charge in [0.05, 0.1) is 17.3 Å². The Kier molecular flexibility index (Phi) is 2.28. The van der Waals surface area contributed by atoms with Crippen LogP contribution >= 0.6 is 0 Å². The van der Waals surface area contributed by atoms with Gasteiger partial charge in [0.25, 0.3) is 0 Å². The highest BCUT2D eigenvalue weighted by molar-refractivity contribution is 5.88. The Bertz CT molecular complexity index is 744. The number of aromatic nitrogens is 3. The highest BCUT2D eigenvalue weighted by Gasteiger charge is 2.33. The molecule has 0 spiro atoms. The van der Waals surface area contributed by atoms with E-state index in [9.17, 15) is 13.2 Å². The van der Waals surface area contributed by atoms with Gasteiger partial charge in [-0.15, -0.1) is 0 Å². The fraction of sp³-hybridized carbons (Fsp3) is 0.0909. The summed E-state index contributed by atoms with van der Waals surface area (Å²) in [5, 5.41) is 7.48. The lowest BCUT2D eigenvalue weighted by atomic mass is 10.2. The standard InChI is InChI=1S/C11H6F3N4O/c12-11(13,14)9-3-4-18(16-9)6-1-2-8-7(5-6)10(15)17-19-8/h1-3,5H,(H2,15,17). The molecular formula is C11H6F3N4O. The molecule has 3 aromatic rings. The Labute approximate surface area is 104 Å². The van der Waals surface area contributed by atoms with Crippen molar-refractivity contribution in [3.63, 3.8) is 0 Å². The van der Waals surface area contributed by atoms with Gasteiger partial charge in [0.15, 0.2) is 17.1 Å². The number of anilines is 1. The van der Waals surface area contributed by atoms with E-state index in [0.29, 0.717) is 16.7 Å². The number of nitrogen functional groups attached to an aromatic ring is 1. The zero-order chi connectivity index (χ0) is 13.6. The molecule has 0 fully saturated rings. The van der Waals surface area contributed by atoms with Crippen LogP contribution in [0.25, 0.3) is 16.7 Å². The molecule has 8 heteroatoms. The van der Waals surface area contributed by atoms with Gasteiger partial charge < -0.3 is 10.3 Å². The Balaban J connectivity index is 2.08. The fourth-order valence-corrected chi connectivity index (χ4v) is 1.64. The molecule has 3 rings (SSSR count). The molecule has 0 bridgehead atoms. The Hall–Kier alpha value is -2.51. The third-order valence-corrected chi connectivity index (χ3v) is 2.55. The fourth-order valence-electron chi connectivity index (χ4n) is 1.64. The van der Waals surface area contributed by atoms with Crippen molar-refractivity contribution >= 4 is 16.8 Å². The van der Waals surface area contributed by atoms with Gasteiger partial charge in [0.2, 0.25) is 0 Å². The van der Waals surface area contributed by atoms with E-state index in [-0.39, 0.29) is 5.82 Å². The van der Waals surface area contributed by atoms with Crippen molar-refractivity contribution in [3.8, 4) is 5.69 Å². The topological polar surface area (TPSA) is 69.9 Å². The summed E-state index contributed by atoms with van der Waals surface area (Å²) in [6, 6.07) is 5.40. The minimum atomic E-state index is -4.50. The van der Waals surface area contributed by atoms with Crippen LogP contribution in [0.4, 0.5) is 19.0 Å². The van der Waals surface area contributed by atoms with E-state index in [2.05, 4.69) is 16.5 Å². The summed E-state index contributed by atoms with van der Waals surface area (Å²) in [6.45, 7) is 0. The van der Waals surface area contributed by atoms with Crippen molar-refractivity contribution < 1.29 is 17.7 Å². The summed E-state index contributed by atoms with van der Waals surface area (Å²) in [5.74, 6) is 0.167. The number of fused-ring (bicyclic) bond motifs is 1. The lowest BCUT2D eigenvalue weighted by Crippen LogP contribution is -2.07. The second-order valence-electron chi connectivity index (χ2n) is 3.82. The quantitative estimate of drug-likeness (QED) is 0.735. The predicted octanol–water partition coefficient (Wildman–Crippen LogP) is 2.41. The van der Waals surface area contributed by atoms with Crippen LogP contribution in [0.5, 0.6) is 0 Å². The van der Waals surface area contributed by atoms with Crippen molar-refractivity contribution in [2.24, 2.45) is 0 Å². The van der Waals surface area contributed by atoms with Gasteiger partial charge in [-0.3, -0.25) is 0 Å². The van der Waals surface area contributed by atoms with Gasteiger partial charge in [-0.05, 0) is 24.3 Å². The van der Waals surface area contributed by atoms with Crippen molar-refractivity contribution in [1.29, 1.82) is 0 Å². The largest absolute Gasteiger partial charge is 0.435 e. The van der Waals surface area contributed by atoms with Crippen LogP contribution in [0.2, 0.25) is 0 Å². The van der Waals surface area contributed by atoms with Crippen molar-refractivity contribution in [2.75, 3.05) is 5.73 Å². The molecule has 0 aliphatic rings. The maximum absolute atomic E-state index is 12.4. The Morgan fingerprint density at radius 2 is 2.11 bits per heavy atom. The second-order valence-corrected chi connectivity index (χ2v) is 3.82. The first-order chi connectivity index (χ1) is 8.95. The molecule has 0 aliphatic heterocycles. The molecule has 0 aliphatic carbocycles. The highest BCUT2D eigenvalue weighted by atomic mass is 19.4. The molecule has 5 nitrogen and oxygen atoms in total. The molecule has 0 atom stereocenters. The highest BCUT2D eigenvalue weighted by Crippen LogP contribution is 2.28. The van der Waals surface area contributed by atoms with Gasteiger partial charge in [-0.25, -0.2) is 4.68 Å². The summed E-state index contributed by atoms with van der Waals surface area (Å²) in [6.07, 6.45) is -2.10. The molecule has 0 saturated heterocycles. The molecule has 19 heavy (non-hydrogen) atoms. The summed E-state index contributed by atoms with van der Waals surface area (Å²) in [4.78, 5) is 0. The number of alkyl halides is 3. The zero-order valence-electron chi connectivity index (χ0n) is 9.27. The molecular weight excluding hydrogens is 261 g/mol. The smallest absolute Gasteiger partial charge is 0.380 e. The van der Waals surface area contributed by atoms with Gasteiger partial charge in [-0.1, -0.05) is 5.16 Å². The number of rotatable bonds is 1. The zero-order valence-corrected chi connectivity index (χ0v) is 9.27. The maximum atomic E-state index is 12.4. The van der Waals surface area contributed by atoms with Crippen LogP contribution < -0.4 is 5.73 Å². The minimum Gasteiger partial charge on any atom is -0.380 e. The maximum Gasteiger partial charge on any atom is 0.435 e. The Morgan fingerprint density at radius 3 is 2.79 bits per heavy atom. The van der Waals surface area contributed by atoms with E-state index in [0.717, 1.165) is 10.7 Å². The van der Waals surface area contributed by atoms with Crippen molar-refractivity contribution in [2.45, 2.75) is 6.18 Å². The normalized spacial score (nSPS) is 12.2. The van der Waals surface area contributed by atoms with Crippen molar-refractivity contribution in [1.82, 2.24) is 14.9 Å². The number of nitrogens with zero attached hydrogens (tertiary/aromatic N) is 3. The average molecular weight is 267 g/mol. The molecule has 1 aromatic carbocycles. The molecule has 0 unspecified atom stereocenters. The monoisotopic (exact) mass is 267 g/mol. The number of benzene rings is 1. The molecule has 2 N–H and O–H groups in total. The Morgan fingerprint density at radius 1 is 1.32 bits per heavy atom. The summed E-state index contributed by atoms with van der Waals surface area (Å²) < 4.78 is 43.2. The molecule has 0 saturated carbocycles. The van der Waals surface area contributed by atoms with Crippen molar-refractivity contribution in [3.05, 3.63) is 36.2 Å². The lowest BCUT2D eigenvalue weighted by molar-refractivity contribution is -0.141. The number of nitrogens with two attached hydrogens (primary N) is 1. The first-order valence-electron chi connectivity index (χ1n) is 5.15. The molecule has 0 amide bonds. The number of halogens is 3. The number of hydrogen-bond donors (Lipinski definition) is 1. The number of hydrogen-bond acceptors (Lipinski definition) is 4. The molecule has 1 radical (unpaired) electrons. The summed E-state index contributed by atoms with van der Waals surface area (Å²) in [5.41, 5.74) is 5.40. The SMILES string of the molecule is Nc1noc2ccc(-n3[c]cc(C(F)(F)F)n3)cc12. The third-order valence-electron chi connectivity index (χ3n) is 2.55. The first kappa shape index (κ1) is 11.6. The predicted molar refractivity (Wildman–Crippen MR) is 59.4 cm³/mol. The van der Waals surface area contributed by atoms with E-state index in [4.69, 9.17) is 10.3 Å². The van der Waals surface area contributed by atoms with E-state index in [1.165, 1.54) is 12.1 Å². The van der Waals surface area contributed by atoms with E-state index >= 15 is 0 Å². The minimum absolute atomic E-state index is 0.167. The summed E-state index contributed by atoms with van der Waals surface area (Å²) >= 11 is 0. The molecule has 2 heterocycles. The molecule has 97 valence electrons. The lowest BCUT2D eigenvalue weighted by Gasteiger charge is -2.02. The van der Waals surface area contributed by atoms with Gasteiger partial charge >= 0.3 is 6.18 Å². The van der Waals surface area contributed by atoms with Crippen LogP contribution in [0.15, 0.2) is 28.8 Å². The van der Waals surface area contributed by atoms with Gasteiger partial charge in [0, 0.05) is 0 Å². The average Bonchev–Trinajstić information content (AvgIpc) is 2.96. The molecule has 2 aromatic heterocycles. The third kappa shape index (κ3) is 1.90. The van der Waals surface area contributed by atoms with Crippen LogP contribution in [-0.2, 0) is 6.18 Å². The second kappa shape index (κ2) is 3.74. The van der Waals surface area contributed by atoms with E-state index in [1.807, 2.05) is 0 Å². The van der Waals surface area contributed by atoms with Crippen LogP contribution in [-0.4, -0.2) is 14.9 Å². The van der Waals surface area contributed by atoms with Gasteiger partial charge in [-0.2, -0.15) is 18.3 Å².